The van der Waals surface area contributed by atoms with Crippen LogP contribution in [0.4, 0.5) is 0 Å². The van der Waals surface area contributed by atoms with Gasteiger partial charge in [0, 0.05) is 24.1 Å². The summed E-state index contributed by atoms with van der Waals surface area (Å²) < 4.78 is 0. The molecule has 0 bridgehead atoms. The van der Waals surface area contributed by atoms with Crippen LogP contribution in [0.2, 0.25) is 0 Å². The fourth-order valence-corrected chi connectivity index (χ4v) is 2.55. The van der Waals surface area contributed by atoms with E-state index in [-0.39, 0.29) is 0 Å². The average Bonchev–Trinajstić information content (AvgIpc) is 2.22. The lowest BCUT2D eigenvalue weighted by atomic mass is 9.93. The van der Waals surface area contributed by atoms with E-state index in [1.807, 2.05) is 11.8 Å². The van der Waals surface area contributed by atoms with Crippen LogP contribution in [-0.2, 0) is 5.75 Å². The molecule has 0 aromatic heterocycles. The number of hydrogen-bond acceptors (Lipinski definition) is 2. The summed E-state index contributed by atoms with van der Waals surface area (Å²) in [5.74, 6) is 2.37. The van der Waals surface area contributed by atoms with Crippen LogP contribution in [0.5, 0.6) is 0 Å². The van der Waals surface area contributed by atoms with Crippen LogP contribution in [0.1, 0.15) is 24.8 Å². The first kappa shape index (κ1) is 11.0. The van der Waals surface area contributed by atoms with Gasteiger partial charge in [0.25, 0.3) is 0 Å². The molecular formula is C13H19NS. The number of rotatable bonds is 6. The molecule has 1 nitrogen and oxygen atoms in total. The van der Waals surface area contributed by atoms with Gasteiger partial charge in [-0.2, -0.15) is 11.8 Å². The molecule has 1 fully saturated rings. The normalized spacial score (nSPS) is 16.3. The second kappa shape index (κ2) is 6.19. The van der Waals surface area contributed by atoms with E-state index in [1.165, 1.54) is 37.1 Å². The second-order valence-corrected chi connectivity index (χ2v) is 5.23. The maximum Gasteiger partial charge on any atom is 0.0185 e. The topological polar surface area (TPSA) is 12.0 Å². The van der Waals surface area contributed by atoms with Crippen molar-refractivity contribution in [3.63, 3.8) is 0 Å². The van der Waals surface area contributed by atoms with Gasteiger partial charge in [0.2, 0.25) is 0 Å². The lowest BCUT2D eigenvalue weighted by Gasteiger charge is -2.26. The molecule has 0 radical (unpaired) electrons. The highest BCUT2D eigenvalue weighted by atomic mass is 32.2. The first-order valence-electron chi connectivity index (χ1n) is 5.80. The van der Waals surface area contributed by atoms with Gasteiger partial charge in [-0.25, -0.2) is 0 Å². The molecule has 0 amide bonds. The minimum atomic E-state index is 0.835. The number of benzene rings is 1. The third kappa shape index (κ3) is 3.88. The van der Waals surface area contributed by atoms with Crippen LogP contribution >= 0.6 is 11.8 Å². The summed E-state index contributed by atoms with van der Waals surface area (Å²) in [4.78, 5) is 0. The summed E-state index contributed by atoms with van der Waals surface area (Å²) in [5, 5.41) is 3.58. The Bertz CT molecular complexity index is 269. The van der Waals surface area contributed by atoms with Crippen molar-refractivity contribution in [3.05, 3.63) is 35.9 Å². The fourth-order valence-electron chi connectivity index (χ4n) is 1.71. The molecule has 0 atom stereocenters. The molecule has 1 aromatic carbocycles. The summed E-state index contributed by atoms with van der Waals surface area (Å²) >= 11 is 2.02. The Morgan fingerprint density at radius 2 is 2.00 bits per heavy atom. The molecule has 0 spiro atoms. The molecule has 1 N–H and O–H groups in total. The SMILES string of the molecule is c1ccc(CSCCNC2CCC2)cc1. The molecule has 0 heterocycles. The molecule has 1 aliphatic carbocycles. The van der Waals surface area contributed by atoms with E-state index in [1.54, 1.807) is 0 Å². The third-order valence-electron chi connectivity index (χ3n) is 2.90. The molecule has 1 aliphatic rings. The van der Waals surface area contributed by atoms with Crippen molar-refractivity contribution >= 4 is 11.8 Å². The van der Waals surface area contributed by atoms with E-state index in [0.29, 0.717) is 0 Å². The number of thioether (sulfide) groups is 1. The van der Waals surface area contributed by atoms with Crippen molar-refractivity contribution in [2.45, 2.75) is 31.1 Å². The van der Waals surface area contributed by atoms with Gasteiger partial charge in [-0.3, -0.25) is 0 Å². The zero-order valence-electron chi connectivity index (χ0n) is 9.11. The minimum absolute atomic E-state index is 0.835. The van der Waals surface area contributed by atoms with Gasteiger partial charge in [0.05, 0.1) is 0 Å². The number of nitrogens with one attached hydrogen (secondary N) is 1. The van der Waals surface area contributed by atoms with Crippen molar-refractivity contribution in [2.75, 3.05) is 12.3 Å². The molecule has 2 rings (SSSR count). The smallest absolute Gasteiger partial charge is 0.0185 e. The Balaban J connectivity index is 1.51. The summed E-state index contributed by atoms with van der Waals surface area (Å²) in [6, 6.07) is 11.5. The van der Waals surface area contributed by atoms with E-state index in [9.17, 15) is 0 Å². The molecule has 0 unspecified atom stereocenters. The van der Waals surface area contributed by atoms with Gasteiger partial charge in [-0.15, -0.1) is 0 Å². The average molecular weight is 221 g/mol. The van der Waals surface area contributed by atoms with Gasteiger partial charge in [-0.05, 0) is 18.4 Å². The van der Waals surface area contributed by atoms with Gasteiger partial charge >= 0.3 is 0 Å². The highest BCUT2D eigenvalue weighted by Crippen LogP contribution is 2.18. The predicted molar refractivity (Wildman–Crippen MR) is 68.2 cm³/mol. The zero-order valence-corrected chi connectivity index (χ0v) is 9.93. The highest BCUT2D eigenvalue weighted by molar-refractivity contribution is 7.98. The van der Waals surface area contributed by atoms with Crippen LogP contribution < -0.4 is 5.32 Å². The predicted octanol–water partition coefficient (Wildman–Crippen LogP) is 3.06. The first-order chi connectivity index (χ1) is 7.45. The monoisotopic (exact) mass is 221 g/mol. The Kier molecular flexibility index (Phi) is 4.55. The molecule has 2 heteroatoms. The van der Waals surface area contributed by atoms with Crippen molar-refractivity contribution in [3.8, 4) is 0 Å². The summed E-state index contributed by atoms with van der Waals surface area (Å²) in [6.07, 6.45) is 4.21. The van der Waals surface area contributed by atoms with Crippen LogP contribution in [0.15, 0.2) is 30.3 Å². The maximum atomic E-state index is 3.58. The largest absolute Gasteiger partial charge is 0.313 e. The Labute approximate surface area is 96.7 Å². The lowest BCUT2D eigenvalue weighted by molar-refractivity contribution is 0.347. The van der Waals surface area contributed by atoms with E-state index in [2.05, 4.69) is 35.6 Å². The summed E-state index contributed by atoms with van der Waals surface area (Å²) in [6.45, 7) is 1.17. The maximum absolute atomic E-state index is 3.58. The lowest BCUT2D eigenvalue weighted by Crippen LogP contribution is -2.36. The zero-order chi connectivity index (χ0) is 10.3. The van der Waals surface area contributed by atoms with Gasteiger partial charge in [0.15, 0.2) is 0 Å². The van der Waals surface area contributed by atoms with Crippen LogP contribution in [-0.4, -0.2) is 18.3 Å². The van der Waals surface area contributed by atoms with Crippen LogP contribution in [0.3, 0.4) is 0 Å². The Morgan fingerprint density at radius 3 is 2.67 bits per heavy atom. The molecule has 1 saturated carbocycles. The molecule has 82 valence electrons. The third-order valence-corrected chi connectivity index (χ3v) is 3.93. The minimum Gasteiger partial charge on any atom is -0.313 e. The van der Waals surface area contributed by atoms with Gasteiger partial charge in [0.1, 0.15) is 0 Å². The fraction of sp³-hybridized carbons (Fsp3) is 0.538. The second-order valence-electron chi connectivity index (χ2n) is 4.12. The van der Waals surface area contributed by atoms with Crippen LogP contribution in [0, 0.1) is 0 Å². The van der Waals surface area contributed by atoms with Crippen molar-refractivity contribution in [1.29, 1.82) is 0 Å². The van der Waals surface area contributed by atoms with Crippen LogP contribution in [0.25, 0.3) is 0 Å². The number of hydrogen-bond donors (Lipinski definition) is 1. The van der Waals surface area contributed by atoms with E-state index >= 15 is 0 Å². The molecule has 1 aromatic rings. The van der Waals surface area contributed by atoms with Gasteiger partial charge in [-0.1, -0.05) is 36.8 Å². The summed E-state index contributed by atoms with van der Waals surface area (Å²) in [5.41, 5.74) is 1.44. The molecular weight excluding hydrogens is 202 g/mol. The van der Waals surface area contributed by atoms with Crippen molar-refractivity contribution < 1.29 is 0 Å². The Morgan fingerprint density at radius 1 is 1.20 bits per heavy atom. The molecule has 0 saturated heterocycles. The van der Waals surface area contributed by atoms with E-state index < -0.39 is 0 Å². The highest BCUT2D eigenvalue weighted by Gasteiger charge is 2.15. The Hall–Kier alpha value is -0.470. The molecule has 0 aliphatic heterocycles. The van der Waals surface area contributed by atoms with E-state index in [0.717, 1.165) is 11.8 Å². The standard InChI is InChI=1S/C13H19NS/c1-2-5-12(6-3-1)11-15-10-9-14-13-7-4-8-13/h1-3,5-6,13-14H,4,7-11H2. The quantitative estimate of drug-likeness (QED) is 0.741. The van der Waals surface area contributed by atoms with E-state index in [4.69, 9.17) is 0 Å². The van der Waals surface area contributed by atoms with Crippen molar-refractivity contribution in [1.82, 2.24) is 5.32 Å². The van der Waals surface area contributed by atoms with Crippen molar-refractivity contribution in [2.24, 2.45) is 0 Å². The van der Waals surface area contributed by atoms with Gasteiger partial charge < -0.3 is 5.32 Å². The summed E-state index contributed by atoms with van der Waals surface area (Å²) in [7, 11) is 0. The molecule has 15 heavy (non-hydrogen) atoms. The first-order valence-corrected chi connectivity index (χ1v) is 6.96.